The minimum atomic E-state index is -0.543. The third-order valence-electron chi connectivity index (χ3n) is 6.71. The van der Waals surface area contributed by atoms with Crippen LogP contribution in [0.2, 0.25) is 0 Å². The molecule has 0 radical (unpaired) electrons. The fourth-order valence-corrected chi connectivity index (χ4v) is 4.66. The Balaban J connectivity index is 0.00000169. The van der Waals surface area contributed by atoms with Crippen molar-refractivity contribution in [2.45, 2.75) is 73.6 Å². The van der Waals surface area contributed by atoms with Gasteiger partial charge >= 0.3 is 6.09 Å². The van der Waals surface area contributed by atoms with Gasteiger partial charge in [-0.2, -0.15) is 0 Å². The third-order valence-corrected chi connectivity index (χ3v) is 6.71. The molecule has 9 nitrogen and oxygen atoms in total. The molecule has 9 heteroatoms. The Morgan fingerprint density at radius 1 is 0.844 bits per heavy atom. The summed E-state index contributed by atoms with van der Waals surface area (Å²) in [7, 11) is 4.78. The van der Waals surface area contributed by atoms with Gasteiger partial charge in [-0.05, 0) is 86.3 Å². The van der Waals surface area contributed by atoms with E-state index in [0.29, 0.717) is 54.4 Å². The van der Waals surface area contributed by atoms with Gasteiger partial charge in [0.25, 0.3) is 11.8 Å². The summed E-state index contributed by atoms with van der Waals surface area (Å²) in [5.74, 6) is 0.604. The fraction of sp³-hybridized carbons (Fsp3) is 0.417. The summed E-state index contributed by atoms with van der Waals surface area (Å²) in [5, 5.41) is 2.98. The first-order chi connectivity index (χ1) is 21.5. The lowest BCUT2D eigenvalue weighted by atomic mass is 9.99. The van der Waals surface area contributed by atoms with E-state index in [4.69, 9.17) is 14.2 Å². The fourth-order valence-electron chi connectivity index (χ4n) is 4.66. The standard InChI is InChI=1S/C32H37N3O6.2C2H6/c1-32(2,3)41-31(38)35-15-14-22-17-26(12-10-25(22)20-35)33-29(36)23-9-7-8-21(16-23)19-34(4)30(37)24-11-13-27(39-5)28(18-24)40-6;2*1-2/h7-13,16-18H,14-15,19-20H2,1-6H3,(H,33,36);2*1-2H3. The second-order valence-corrected chi connectivity index (χ2v) is 11.0. The van der Waals surface area contributed by atoms with E-state index in [9.17, 15) is 14.4 Å². The molecule has 1 aliphatic rings. The van der Waals surface area contributed by atoms with Crippen LogP contribution in [0.3, 0.4) is 0 Å². The molecule has 0 aliphatic carbocycles. The maximum Gasteiger partial charge on any atom is 0.410 e. The van der Waals surface area contributed by atoms with Gasteiger partial charge in [-0.3, -0.25) is 9.59 Å². The van der Waals surface area contributed by atoms with Crippen molar-refractivity contribution in [1.82, 2.24) is 9.80 Å². The first-order valence-corrected chi connectivity index (χ1v) is 15.4. The van der Waals surface area contributed by atoms with E-state index < -0.39 is 5.60 Å². The van der Waals surface area contributed by atoms with Crippen LogP contribution < -0.4 is 14.8 Å². The zero-order valence-corrected chi connectivity index (χ0v) is 28.4. The Hall–Kier alpha value is -4.53. The van der Waals surface area contributed by atoms with Gasteiger partial charge in [0, 0.05) is 43.5 Å². The van der Waals surface area contributed by atoms with Gasteiger partial charge in [0.2, 0.25) is 0 Å². The maximum atomic E-state index is 13.1. The number of hydrogen-bond acceptors (Lipinski definition) is 6. The van der Waals surface area contributed by atoms with E-state index in [-0.39, 0.29) is 17.9 Å². The molecule has 0 saturated heterocycles. The van der Waals surface area contributed by atoms with Crippen LogP contribution in [-0.2, 0) is 24.2 Å². The lowest BCUT2D eigenvalue weighted by Gasteiger charge is -2.31. The SMILES string of the molecule is CC.CC.COc1ccc(C(=O)N(C)Cc2cccc(C(=O)Nc3ccc4c(c3)CCN(C(=O)OC(C)(C)C)C4)c2)cc1OC. The molecule has 0 saturated carbocycles. The average Bonchev–Trinajstić information content (AvgIpc) is 3.04. The van der Waals surface area contributed by atoms with E-state index in [1.165, 1.54) is 7.11 Å². The van der Waals surface area contributed by atoms with Crippen LogP contribution >= 0.6 is 0 Å². The summed E-state index contributed by atoms with van der Waals surface area (Å²) in [5.41, 5.74) is 4.05. The number of anilines is 1. The lowest BCUT2D eigenvalue weighted by Crippen LogP contribution is -2.39. The quantitative estimate of drug-likeness (QED) is 0.293. The summed E-state index contributed by atoms with van der Waals surface area (Å²) in [4.78, 5) is 41.9. The Morgan fingerprint density at radius 2 is 1.53 bits per heavy atom. The molecule has 3 amide bonds. The number of hydrogen-bond donors (Lipinski definition) is 1. The number of ether oxygens (including phenoxy) is 3. The molecule has 0 fully saturated rings. The second kappa shape index (κ2) is 17.1. The number of carbonyl (C=O) groups is 3. The first kappa shape index (κ1) is 36.7. The molecule has 3 aromatic rings. The van der Waals surface area contributed by atoms with Crippen LogP contribution in [0.25, 0.3) is 0 Å². The molecule has 244 valence electrons. The largest absolute Gasteiger partial charge is 0.493 e. The minimum Gasteiger partial charge on any atom is -0.493 e. The molecule has 1 aliphatic heterocycles. The van der Waals surface area contributed by atoms with Crippen LogP contribution in [0.1, 0.15) is 85.9 Å². The first-order valence-electron chi connectivity index (χ1n) is 15.4. The monoisotopic (exact) mass is 619 g/mol. The van der Waals surface area contributed by atoms with E-state index >= 15 is 0 Å². The Morgan fingerprint density at radius 3 is 2.18 bits per heavy atom. The van der Waals surface area contributed by atoms with Crippen molar-refractivity contribution in [1.29, 1.82) is 0 Å². The van der Waals surface area contributed by atoms with Gasteiger partial charge in [0.1, 0.15) is 5.60 Å². The van der Waals surface area contributed by atoms with Gasteiger partial charge in [0.05, 0.1) is 14.2 Å². The summed E-state index contributed by atoms with van der Waals surface area (Å²) in [6.07, 6.45) is 0.352. The topological polar surface area (TPSA) is 97.4 Å². The molecule has 0 bridgehead atoms. The molecule has 0 atom stereocenters. The number of methoxy groups -OCH3 is 2. The molecule has 0 aromatic heterocycles. The van der Waals surface area contributed by atoms with E-state index in [1.807, 2.05) is 72.7 Å². The predicted octanol–water partition coefficient (Wildman–Crippen LogP) is 7.57. The Bertz CT molecular complexity index is 1450. The number of benzene rings is 3. The predicted molar refractivity (Wildman–Crippen MR) is 179 cm³/mol. The van der Waals surface area contributed by atoms with Crippen molar-refractivity contribution in [2.75, 3.05) is 33.1 Å². The van der Waals surface area contributed by atoms with Crippen LogP contribution in [0, 0.1) is 0 Å². The highest BCUT2D eigenvalue weighted by molar-refractivity contribution is 6.04. The molecule has 4 rings (SSSR count). The maximum absolute atomic E-state index is 13.1. The number of rotatable bonds is 7. The van der Waals surface area contributed by atoms with Crippen molar-refractivity contribution in [3.8, 4) is 11.5 Å². The van der Waals surface area contributed by atoms with Gasteiger partial charge < -0.3 is 29.3 Å². The van der Waals surface area contributed by atoms with Gasteiger partial charge in [-0.25, -0.2) is 4.79 Å². The summed E-state index contributed by atoms with van der Waals surface area (Å²) < 4.78 is 16.1. The molecule has 1 N–H and O–H groups in total. The van der Waals surface area contributed by atoms with Gasteiger partial charge in [0.15, 0.2) is 11.5 Å². The second-order valence-electron chi connectivity index (χ2n) is 11.0. The zero-order valence-electron chi connectivity index (χ0n) is 28.4. The number of nitrogens with one attached hydrogen (secondary N) is 1. The van der Waals surface area contributed by atoms with Gasteiger partial charge in [-0.15, -0.1) is 0 Å². The summed E-state index contributed by atoms with van der Waals surface area (Å²) in [6.45, 7) is 14.9. The number of amides is 3. The third kappa shape index (κ3) is 10.3. The lowest BCUT2D eigenvalue weighted by molar-refractivity contribution is 0.0224. The van der Waals surface area contributed by atoms with Crippen molar-refractivity contribution in [2.24, 2.45) is 0 Å². The van der Waals surface area contributed by atoms with E-state index in [2.05, 4.69) is 5.32 Å². The van der Waals surface area contributed by atoms with Crippen LogP contribution in [0.4, 0.5) is 10.5 Å². The number of carbonyl (C=O) groups excluding carboxylic acids is 3. The summed E-state index contributed by atoms with van der Waals surface area (Å²) >= 11 is 0. The van der Waals surface area contributed by atoms with Crippen molar-refractivity contribution in [3.05, 3.63) is 88.5 Å². The molecular formula is C36H49N3O6. The molecule has 0 unspecified atom stereocenters. The van der Waals surface area contributed by atoms with Crippen LogP contribution in [-0.4, -0.2) is 61.1 Å². The van der Waals surface area contributed by atoms with Crippen molar-refractivity contribution < 1.29 is 28.6 Å². The molecule has 0 spiro atoms. The molecule has 3 aromatic carbocycles. The Labute approximate surface area is 268 Å². The summed E-state index contributed by atoms with van der Waals surface area (Å²) in [6, 6.07) is 18.0. The number of fused-ring (bicyclic) bond motifs is 1. The van der Waals surface area contributed by atoms with Crippen LogP contribution in [0.5, 0.6) is 11.5 Å². The zero-order chi connectivity index (χ0) is 33.7. The Kier molecular flexibility index (Phi) is 13.9. The molecule has 1 heterocycles. The molecule has 45 heavy (non-hydrogen) atoms. The normalized spacial score (nSPS) is 11.8. The number of nitrogens with zero attached hydrogens (tertiary/aromatic N) is 2. The van der Waals surface area contributed by atoms with E-state index in [1.54, 1.807) is 60.4 Å². The highest BCUT2D eigenvalue weighted by Gasteiger charge is 2.26. The van der Waals surface area contributed by atoms with Gasteiger partial charge in [-0.1, -0.05) is 45.9 Å². The highest BCUT2D eigenvalue weighted by atomic mass is 16.6. The highest BCUT2D eigenvalue weighted by Crippen LogP contribution is 2.28. The smallest absolute Gasteiger partial charge is 0.410 e. The van der Waals surface area contributed by atoms with Crippen molar-refractivity contribution in [3.63, 3.8) is 0 Å². The average molecular weight is 620 g/mol. The van der Waals surface area contributed by atoms with Crippen molar-refractivity contribution >= 4 is 23.6 Å². The molecular weight excluding hydrogens is 570 g/mol. The minimum absolute atomic E-state index is 0.180. The van der Waals surface area contributed by atoms with E-state index in [0.717, 1.165) is 16.7 Å². The van der Waals surface area contributed by atoms with Crippen LogP contribution in [0.15, 0.2) is 60.7 Å².